The molecule has 0 aromatic heterocycles. The number of carbonyl (C=O) groups excluding carboxylic acids is 2. The molecule has 47 heavy (non-hydrogen) atoms. The summed E-state index contributed by atoms with van der Waals surface area (Å²) < 4.78 is 22.5. The van der Waals surface area contributed by atoms with Crippen molar-refractivity contribution < 1.29 is 28.5 Å². The van der Waals surface area contributed by atoms with Crippen LogP contribution in [0, 0.1) is 0 Å². The van der Waals surface area contributed by atoms with Gasteiger partial charge in [-0.05, 0) is 31.0 Å². The van der Waals surface area contributed by atoms with E-state index in [2.05, 4.69) is 13.8 Å². The van der Waals surface area contributed by atoms with Gasteiger partial charge < -0.3 is 18.9 Å². The molecule has 0 amide bonds. The molecule has 0 aliphatic rings. The summed E-state index contributed by atoms with van der Waals surface area (Å²) in [6, 6.07) is 12.5. The van der Waals surface area contributed by atoms with Gasteiger partial charge in [0.2, 0.25) is 0 Å². The summed E-state index contributed by atoms with van der Waals surface area (Å²) in [5.74, 6) is 0.656. The Hall–Kier alpha value is -2.99. The fraction of sp³-hybridized carbons (Fsp3) is 0.600. The Morgan fingerprint density at radius 2 is 0.851 bits per heavy atom. The van der Waals surface area contributed by atoms with Gasteiger partial charge in [0.25, 0.3) is 0 Å². The van der Waals surface area contributed by atoms with Crippen LogP contribution in [0.1, 0.15) is 142 Å². The van der Waals surface area contributed by atoms with Crippen LogP contribution in [0.15, 0.2) is 42.5 Å². The van der Waals surface area contributed by atoms with E-state index >= 15 is 0 Å². The van der Waals surface area contributed by atoms with Gasteiger partial charge >= 0.3 is 12.3 Å². The molecule has 0 atom stereocenters. The number of unbranched alkanes of at least 4 members (excludes halogenated alkanes) is 18. The van der Waals surface area contributed by atoms with E-state index in [9.17, 15) is 9.59 Å². The smallest absolute Gasteiger partial charge is 0.434 e. The second-order valence-corrected chi connectivity index (χ2v) is 13.1. The third-order valence-electron chi connectivity index (χ3n) is 8.69. The molecule has 0 heterocycles. The normalized spacial score (nSPS) is 11.2. The van der Waals surface area contributed by atoms with Gasteiger partial charge in [-0.1, -0.05) is 165 Å². The molecule has 0 N–H and O–H groups in total. The van der Waals surface area contributed by atoms with E-state index in [0.717, 1.165) is 38.5 Å². The van der Waals surface area contributed by atoms with Gasteiger partial charge in [-0.25, -0.2) is 9.59 Å². The molecular formula is C40H57ClO6. The highest BCUT2D eigenvalue weighted by molar-refractivity contribution is 6.31. The lowest BCUT2D eigenvalue weighted by Crippen LogP contribution is -2.14. The fourth-order valence-corrected chi connectivity index (χ4v) is 6.18. The number of halogens is 1. The molecule has 3 aromatic carbocycles. The Morgan fingerprint density at radius 1 is 0.489 bits per heavy atom. The molecule has 3 aromatic rings. The van der Waals surface area contributed by atoms with Crippen LogP contribution < -0.4 is 9.47 Å². The van der Waals surface area contributed by atoms with Crippen LogP contribution in [0.5, 0.6) is 11.5 Å². The summed E-state index contributed by atoms with van der Waals surface area (Å²) in [6.45, 7) is 5.09. The molecule has 0 aliphatic carbocycles. The van der Waals surface area contributed by atoms with Crippen molar-refractivity contribution in [1.29, 1.82) is 0 Å². The molecule has 0 aliphatic heterocycles. The van der Waals surface area contributed by atoms with Crippen LogP contribution in [0.3, 0.4) is 0 Å². The molecule has 7 heteroatoms. The third-order valence-corrected chi connectivity index (χ3v) is 8.93. The quantitative estimate of drug-likeness (QED) is 0.0409. The van der Waals surface area contributed by atoms with Crippen LogP contribution in [0.25, 0.3) is 21.5 Å². The first-order valence-corrected chi connectivity index (χ1v) is 18.8. The average Bonchev–Trinajstić information content (AvgIpc) is 3.07. The highest BCUT2D eigenvalue weighted by Crippen LogP contribution is 2.44. The zero-order valence-corrected chi connectivity index (χ0v) is 29.7. The summed E-state index contributed by atoms with van der Waals surface area (Å²) in [4.78, 5) is 25.6. The maximum Gasteiger partial charge on any atom is 0.513 e. The Kier molecular flexibility index (Phi) is 19.1. The van der Waals surface area contributed by atoms with Crippen molar-refractivity contribution in [3.05, 3.63) is 47.5 Å². The van der Waals surface area contributed by atoms with Crippen LogP contribution in [0.2, 0.25) is 5.02 Å². The van der Waals surface area contributed by atoms with Crippen molar-refractivity contribution in [3.63, 3.8) is 0 Å². The van der Waals surface area contributed by atoms with E-state index in [1.54, 1.807) is 18.2 Å². The molecule has 0 fully saturated rings. The SMILES string of the molecule is CCCCCCCCCCCCOC(=O)Oc1c2ccccc2c(OC(=O)OCCCCCCCCCCCC)c2cc(Cl)ccc12. The molecule has 0 radical (unpaired) electrons. The fourth-order valence-electron chi connectivity index (χ4n) is 6.01. The molecule has 0 spiro atoms. The highest BCUT2D eigenvalue weighted by Gasteiger charge is 2.21. The number of benzene rings is 3. The predicted molar refractivity (Wildman–Crippen MR) is 194 cm³/mol. The molecule has 0 saturated carbocycles. The van der Waals surface area contributed by atoms with Crippen LogP contribution >= 0.6 is 11.6 Å². The predicted octanol–water partition coefficient (Wildman–Crippen LogP) is 13.5. The molecule has 6 nitrogen and oxygen atoms in total. The van der Waals surface area contributed by atoms with Crippen molar-refractivity contribution >= 4 is 45.5 Å². The van der Waals surface area contributed by atoms with Gasteiger partial charge in [0.05, 0.1) is 13.2 Å². The molecule has 0 bridgehead atoms. The number of hydrogen-bond acceptors (Lipinski definition) is 6. The second kappa shape index (κ2) is 23.4. The zero-order chi connectivity index (χ0) is 33.5. The maximum absolute atomic E-state index is 12.8. The summed E-state index contributed by atoms with van der Waals surface area (Å²) >= 11 is 6.38. The zero-order valence-electron chi connectivity index (χ0n) is 28.9. The average molecular weight is 669 g/mol. The third kappa shape index (κ3) is 14.3. The maximum atomic E-state index is 12.8. The lowest BCUT2D eigenvalue weighted by molar-refractivity contribution is 0.0965. The molecule has 260 valence electrons. The largest absolute Gasteiger partial charge is 0.513 e. The summed E-state index contributed by atoms with van der Waals surface area (Å²) in [5.41, 5.74) is 0. The Balaban J connectivity index is 1.52. The van der Waals surface area contributed by atoms with Crippen molar-refractivity contribution in [3.8, 4) is 11.5 Å². The van der Waals surface area contributed by atoms with Gasteiger partial charge in [0.1, 0.15) is 5.75 Å². The monoisotopic (exact) mass is 668 g/mol. The van der Waals surface area contributed by atoms with Gasteiger partial charge in [0.15, 0.2) is 5.75 Å². The number of fused-ring (bicyclic) bond motifs is 2. The van der Waals surface area contributed by atoms with E-state index in [0.29, 0.717) is 51.3 Å². The van der Waals surface area contributed by atoms with Crippen molar-refractivity contribution in [2.24, 2.45) is 0 Å². The van der Waals surface area contributed by atoms with Gasteiger partial charge in [-0.15, -0.1) is 0 Å². The molecular weight excluding hydrogens is 612 g/mol. The minimum atomic E-state index is -0.767. The van der Waals surface area contributed by atoms with Gasteiger partial charge in [-0.2, -0.15) is 0 Å². The number of carbonyl (C=O) groups is 2. The van der Waals surface area contributed by atoms with Gasteiger partial charge in [-0.3, -0.25) is 0 Å². The van der Waals surface area contributed by atoms with Crippen LogP contribution in [-0.2, 0) is 9.47 Å². The molecule has 0 saturated heterocycles. The number of hydrogen-bond donors (Lipinski definition) is 0. The van der Waals surface area contributed by atoms with E-state index in [1.165, 1.54) is 89.9 Å². The first-order valence-electron chi connectivity index (χ1n) is 18.4. The Labute approximate surface area is 287 Å². The summed E-state index contributed by atoms with van der Waals surface area (Å²) in [6.07, 6.45) is 22.5. The first kappa shape index (κ1) is 38.5. The minimum Gasteiger partial charge on any atom is -0.434 e. The van der Waals surface area contributed by atoms with Crippen molar-refractivity contribution in [2.45, 2.75) is 142 Å². The number of ether oxygens (including phenoxy) is 4. The minimum absolute atomic E-state index is 0.304. The van der Waals surface area contributed by atoms with Crippen LogP contribution in [-0.4, -0.2) is 25.5 Å². The van der Waals surface area contributed by atoms with E-state index in [4.69, 9.17) is 30.5 Å². The van der Waals surface area contributed by atoms with Crippen LogP contribution in [0.4, 0.5) is 9.59 Å². The standard InChI is InChI=1S/C40H57ClO6/c1-3-5-7-9-11-13-15-17-19-23-29-44-39(42)46-37-33-25-21-22-26-34(33)38(36-31-32(41)27-28-35(36)37)47-40(43)45-30-24-20-18-16-14-12-10-8-6-4-2/h21-22,25-28,31H,3-20,23-24,29-30H2,1-2H3. The summed E-state index contributed by atoms with van der Waals surface area (Å²) in [5, 5.41) is 2.82. The summed E-state index contributed by atoms with van der Waals surface area (Å²) in [7, 11) is 0. The van der Waals surface area contributed by atoms with Crippen molar-refractivity contribution in [1.82, 2.24) is 0 Å². The van der Waals surface area contributed by atoms with E-state index in [1.807, 2.05) is 24.3 Å². The van der Waals surface area contributed by atoms with E-state index < -0.39 is 12.3 Å². The lowest BCUT2D eigenvalue weighted by atomic mass is 10.0. The Morgan fingerprint density at radius 3 is 1.28 bits per heavy atom. The van der Waals surface area contributed by atoms with Crippen molar-refractivity contribution in [2.75, 3.05) is 13.2 Å². The first-order chi connectivity index (χ1) is 23.0. The molecule has 3 rings (SSSR count). The second-order valence-electron chi connectivity index (χ2n) is 12.7. The highest BCUT2D eigenvalue weighted by atomic mass is 35.5. The van der Waals surface area contributed by atoms with Gasteiger partial charge in [0, 0.05) is 26.6 Å². The van der Waals surface area contributed by atoms with E-state index in [-0.39, 0.29) is 0 Å². The number of rotatable bonds is 24. The Bertz CT molecular complexity index is 1340. The lowest BCUT2D eigenvalue weighted by Gasteiger charge is -2.16. The molecule has 0 unspecified atom stereocenters. The topological polar surface area (TPSA) is 71.1 Å².